The minimum Gasteiger partial charge on any atom is -0.242 e. The minimum absolute atomic E-state index is 0.655. The first-order chi connectivity index (χ1) is 6.25. The Morgan fingerprint density at radius 2 is 2.38 bits per heavy atom. The maximum Gasteiger partial charge on any atom is 0.0901 e. The Hall–Kier alpha value is -0.890. The van der Waals surface area contributed by atoms with Gasteiger partial charge in [-0.2, -0.15) is 0 Å². The molecule has 2 rings (SSSR count). The summed E-state index contributed by atoms with van der Waals surface area (Å²) in [4.78, 5) is 4.47. The van der Waals surface area contributed by atoms with E-state index in [9.17, 15) is 0 Å². The number of rotatable bonds is 1. The zero-order valence-corrected chi connectivity index (χ0v) is 8.77. The van der Waals surface area contributed by atoms with Crippen molar-refractivity contribution in [2.75, 3.05) is 0 Å². The summed E-state index contributed by atoms with van der Waals surface area (Å²) < 4.78 is 0. The van der Waals surface area contributed by atoms with E-state index in [-0.39, 0.29) is 0 Å². The molecule has 1 heterocycles. The second-order valence-electron chi connectivity index (χ2n) is 3.49. The number of hydrogen-bond donors (Lipinski definition) is 0. The molecule has 2 heteroatoms. The van der Waals surface area contributed by atoms with Crippen molar-refractivity contribution in [3.63, 3.8) is 0 Å². The molecule has 0 radical (unpaired) electrons. The summed E-state index contributed by atoms with van der Waals surface area (Å²) in [6, 6.07) is 0. The van der Waals surface area contributed by atoms with Crippen LogP contribution < -0.4 is 0 Å². The molecule has 68 valence electrons. The third kappa shape index (κ3) is 1.89. The molecule has 0 bridgehead atoms. The summed E-state index contributed by atoms with van der Waals surface area (Å²) in [6.07, 6.45) is 7.87. The zero-order valence-electron chi connectivity index (χ0n) is 7.95. The van der Waals surface area contributed by atoms with Gasteiger partial charge in [0.15, 0.2) is 0 Å². The summed E-state index contributed by atoms with van der Waals surface area (Å²) in [5.74, 6) is 0.655. The number of hydrogen-bond acceptors (Lipinski definition) is 2. The standard InChI is InChI=1S/C11H13NS/c1-8-4-3-5-10(6-8)11-7-13-9(2)12-11/h3,5-8H,4H2,1-2H3. The van der Waals surface area contributed by atoms with Crippen LogP contribution in [0.4, 0.5) is 0 Å². The topological polar surface area (TPSA) is 12.9 Å². The number of nitrogens with zero attached hydrogens (tertiary/aromatic N) is 1. The summed E-state index contributed by atoms with van der Waals surface area (Å²) in [5, 5.41) is 3.27. The lowest BCUT2D eigenvalue weighted by Gasteiger charge is -2.09. The third-order valence-corrected chi connectivity index (χ3v) is 2.96. The monoisotopic (exact) mass is 191 g/mol. The molecule has 0 aliphatic heterocycles. The van der Waals surface area contributed by atoms with E-state index in [1.807, 2.05) is 6.92 Å². The fourth-order valence-electron chi connectivity index (χ4n) is 1.51. The average Bonchev–Trinajstić information content (AvgIpc) is 2.52. The van der Waals surface area contributed by atoms with Gasteiger partial charge in [-0.15, -0.1) is 11.3 Å². The molecule has 0 fully saturated rings. The summed E-state index contributed by atoms with van der Waals surface area (Å²) in [5.41, 5.74) is 2.41. The average molecular weight is 191 g/mol. The maximum atomic E-state index is 4.47. The van der Waals surface area contributed by atoms with Gasteiger partial charge >= 0.3 is 0 Å². The van der Waals surface area contributed by atoms with Crippen LogP contribution in [0.3, 0.4) is 0 Å². The molecule has 13 heavy (non-hydrogen) atoms. The van der Waals surface area contributed by atoms with Crippen molar-refractivity contribution in [2.45, 2.75) is 20.3 Å². The van der Waals surface area contributed by atoms with Crippen LogP contribution >= 0.6 is 11.3 Å². The Balaban J connectivity index is 2.31. The molecule has 1 aromatic rings. The molecule has 0 saturated carbocycles. The van der Waals surface area contributed by atoms with E-state index in [1.165, 1.54) is 5.57 Å². The summed E-state index contributed by atoms with van der Waals surface area (Å²) >= 11 is 1.71. The van der Waals surface area contributed by atoms with Crippen molar-refractivity contribution < 1.29 is 0 Å². The van der Waals surface area contributed by atoms with E-state index < -0.39 is 0 Å². The number of aryl methyl sites for hydroxylation is 1. The third-order valence-electron chi connectivity index (χ3n) is 2.18. The van der Waals surface area contributed by atoms with Crippen LogP contribution in [0, 0.1) is 12.8 Å². The SMILES string of the molecule is Cc1nc(C2=CC(C)CC=C2)cs1. The van der Waals surface area contributed by atoms with Gasteiger partial charge in [-0.05, 0) is 24.8 Å². The second kappa shape index (κ2) is 3.46. The van der Waals surface area contributed by atoms with Gasteiger partial charge in [-0.3, -0.25) is 0 Å². The zero-order chi connectivity index (χ0) is 9.26. The van der Waals surface area contributed by atoms with Crippen molar-refractivity contribution >= 4 is 16.9 Å². The van der Waals surface area contributed by atoms with Crippen LogP contribution in [-0.4, -0.2) is 4.98 Å². The van der Waals surface area contributed by atoms with Crippen LogP contribution in [0.1, 0.15) is 24.0 Å². The molecule has 0 spiro atoms. The second-order valence-corrected chi connectivity index (χ2v) is 4.55. The fourth-order valence-corrected chi connectivity index (χ4v) is 2.13. The van der Waals surface area contributed by atoms with Gasteiger partial charge in [-0.25, -0.2) is 4.98 Å². The predicted octanol–water partition coefficient (Wildman–Crippen LogP) is 3.43. The Morgan fingerprint density at radius 1 is 1.54 bits per heavy atom. The number of aromatic nitrogens is 1. The molecule has 1 aliphatic carbocycles. The smallest absolute Gasteiger partial charge is 0.0901 e. The minimum atomic E-state index is 0.655. The van der Waals surface area contributed by atoms with Gasteiger partial charge in [0.05, 0.1) is 10.7 Å². The van der Waals surface area contributed by atoms with Gasteiger partial charge in [0.2, 0.25) is 0 Å². The van der Waals surface area contributed by atoms with Crippen molar-refractivity contribution in [3.8, 4) is 0 Å². The first-order valence-corrected chi connectivity index (χ1v) is 5.44. The largest absolute Gasteiger partial charge is 0.242 e. The molecule has 0 saturated heterocycles. The molecule has 1 unspecified atom stereocenters. The van der Waals surface area contributed by atoms with Crippen LogP contribution in [0.15, 0.2) is 23.6 Å². The van der Waals surface area contributed by atoms with Crippen molar-refractivity contribution in [1.29, 1.82) is 0 Å². The Bertz CT molecular complexity index is 360. The molecular weight excluding hydrogens is 178 g/mol. The summed E-state index contributed by atoms with van der Waals surface area (Å²) in [7, 11) is 0. The lowest BCUT2D eigenvalue weighted by atomic mass is 9.97. The van der Waals surface area contributed by atoms with E-state index in [1.54, 1.807) is 11.3 Å². The Labute approximate surface area is 82.8 Å². The van der Waals surface area contributed by atoms with Crippen LogP contribution in [0.25, 0.3) is 5.57 Å². The molecule has 1 aliphatic rings. The molecule has 1 nitrogen and oxygen atoms in total. The van der Waals surface area contributed by atoms with E-state index in [0.717, 1.165) is 17.1 Å². The molecular formula is C11H13NS. The van der Waals surface area contributed by atoms with Crippen molar-refractivity contribution in [2.24, 2.45) is 5.92 Å². The number of allylic oxidation sites excluding steroid dienone is 4. The van der Waals surface area contributed by atoms with E-state index >= 15 is 0 Å². The molecule has 1 atom stereocenters. The fraction of sp³-hybridized carbons (Fsp3) is 0.364. The quantitative estimate of drug-likeness (QED) is 0.662. The highest BCUT2D eigenvalue weighted by Crippen LogP contribution is 2.25. The highest BCUT2D eigenvalue weighted by molar-refractivity contribution is 7.09. The predicted molar refractivity (Wildman–Crippen MR) is 57.7 cm³/mol. The van der Waals surface area contributed by atoms with Gasteiger partial charge in [0.25, 0.3) is 0 Å². The highest BCUT2D eigenvalue weighted by Gasteiger charge is 2.08. The van der Waals surface area contributed by atoms with E-state index in [4.69, 9.17) is 0 Å². The normalized spacial score (nSPS) is 21.7. The number of thiazole rings is 1. The van der Waals surface area contributed by atoms with Gasteiger partial charge in [0.1, 0.15) is 0 Å². The lowest BCUT2D eigenvalue weighted by molar-refractivity contribution is 0.739. The van der Waals surface area contributed by atoms with Crippen molar-refractivity contribution in [3.05, 3.63) is 34.3 Å². The molecule has 0 amide bonds. The molecule has 1 aromatic heterocycles. The van der Waals surface area contributed by atoms with Gasteiger partial charge in [-0.1, -0.05) is 25.2 Å². The van der Waals surface area contributed by atoms with Gasteiger partial charge in [0, 0.05) is 5.38 Å². The first-order valence-electron chi connectivity index (χ1n) is 4.56. The molecule has 0 aromatic carbocycles. The summed E-state index contributed by atoms with van der Waals surface area (Å²) in [6.45, 7) is 4.29. The molecule has 0 N–H and O–H groups in total. The van der Waals surface area contributed by atoms with Crippen LogP contribution in [0.2, 0.25) is 0 Å². The Morgan fingerprint density at radius 3 is 3.00 bits per heavy atom. The highest BCUT2D eigenvalue weighted by atomic mass is 32.1. The van der Waals surface area contributed by atoms with E-state index in [2.05, 4.69) is 35.5 Å². The van der Waals surface area contributed by atoms with Crippen LogP contribution in [-0.2, 0) is 0 Å². The Kier molecular flexibility index (Phi) is 2.32. The lowest BCUT2D eigenvalue weighted by Crippen LogP contribution is -1.94. The van der Waals surface area contributed by atoms with Crippen LogP contribution in [0.5, 0.6) is 0 Å². The van der Waals surface area contributed by atoms with Crippen molar-refractivity contribution in [1.82, 2.24) is 4.98 Å². The maximum absolute atomic E-state index is 4.47. The van der Waals surface area contributed by atoms with Gasteiger partial charge < -0.3 is 0 Å². The van der Waals surface area contributed by atoms with E-state index in [0.29, 0.717) is 5.92 Å². The first kappa shape index (κ1) is 8.70.